The van der Waals surface area contributed by atoms with Crippen LogP contribution in [0.15, 0.2) is 18.2 Å². The molecule has 1 aliphatic heterocycles. The predicted molar refractivity (Wildman–Crippen MR) is 47.7 cm³/mol. The van der Waals surface area contributed by atoms with Gasteiger partial charge in [-0.05, 0) is 18.2 Å². The van der Waals surface area contributed by atoms with Gasteiger partial charge in [-0.1, -0.05) is 0 Å². The van der Waals surface area contributed by atoms with E-state index in [1.807, 2.05) is 0 Å². The number of benzene rings is 1. The minimum atomic E-state index is -5.84. The van der Waals surface area contributed by atoms with Crippen molar-refractivity contribution in [2.45, 2.75) is 18.0 Å². The van der Waals surface area contributed by atoms with Crippen LogP contribution in [-0.2, 0) is 10.3 Å². The molecule has 0 saturated heterocycles. The van der Waals surface area contributed by atoms with Crippen LogP contribution in [-0.4, -0.2) is 20.0 Å². The van der Waals surface area contributed by atoms with Crippen LogP contribution in [0.4, 0.5) is 30.7 Å². The average Bonchev–Trinajstić information content (AvgIpc) is 2.24. The minimum Gasteiger partial charge on any atom is -0.741 e. The van der Waals surface area contributed by atoms with Crippen molar-refractivity contribution in [3.05, 3.63) is 29.6 Å². The van der Waals surface area contributed by atoms with Crippen molar-refractivity contribution in [2.75, 3.05) is 0 Å². The van der Waals surface area contributed by atoms with E-state index in [0.717, 1.165) is 0 Å². The van der Waals surface area contributed by atoms with Gasteiger partial charge in [-0.3, -0.25) is 0 Å². The summed E-state index contributed by atoms with van der Waals surface area (Å²) in [6, 6.07) is 1.43. The maximum atomic E-state index is 13.0. The normalized spacial score (nSPS) is 17.8. The molecule has 1 heterocycles. The van der Waals surface area contributed by atoms with Crippen molar-refractivity contribution in [1.29, 1.82) is 0 Å². The van der Waals surface area contributed by atoms with Crippen molar-refractivity contribution in [3.63, 3.8) is 0 Å². The Morgan fingerprint density at radius 2 is 1.55 bits per heavy atom. The summed E-state index contributed by atoms with van der Waals surface area (Å²) in [5.41, 5.74) is -6.12. The molecule has 0 N–H and O–H groups in total. The molecule has 2 rings (SSSR count). The summed E-state index contributed by atoms with van der Waals surface area (Å²) in [5.74, 6) is -2.05. The Hall–Kier alpha value is -0.848. The molecule has 0 unspecified atom stereocenters. The Bertz CT molecular complexity index is 488. The van der Waals surface area contributed by atoms with Crippen molar-refractivity contribution in [3.8, 4) is 5.75 Å². The summed E-state index contributed by atoms with van der Waals surface area (Å²) >= 11 is 0. The van der Waals surface area contributed by atoms with Gasteiger partial charge in [0.2, 0.25) is 5.60 Å². The van der Waals surface area contributed by atoms with E-state index in [2.05, 4.69) is 9.31 Å². The van der Waals surface area contributed by atoms with Crippen molar-refractivity contribution in [1.82, 2.24) is 0 Å². The molecule has 1 aliphatic rings. The second-order valence-electron chi connectivity index (χ2n) is 3.65. The molecular formula is C9H3BF7LiO2. The van der Waals surface area contributed by atoms with E-state index in [-0.39, 0.29) is 32.6 Å². The Balaban J connectivity index is 0.00000200. The zero-order valence-electron chi connectivity index (χ0n) is 9.77. The first-order valence-corrected chi connectivity index (χ1v) is 4.69. The molecule has 0 fully saturated rings. The fourth-order valence-corrected chi connectivity index (χ4v) is 1.69. The first kappa shape index (κ1) is 17.2. The third-order valence-corrected chi connectivity index (χ3v) is 2.52. The topological polar surface area (TPSA) is 18.5 Å². The van der Waals surface area contributed by atoms with Gasteiger partial charge in [0.25, 0.3) is 0 Å². The molecule has 11 heteroatoms. The van der Waals surface area contributed by atoms with Crippen LogP contribution in [0, 0.1) is 5.82 Å². The van der Waals surface area contributed by atoms with Crippen LogP contribution in [0.25, 0.3) is 0 Å². The SMILES string of the molecule is Fc1ccc2c(c1)C(C(F)(F)F)(C(F)(F)F)O[B-]O2.[Li+]. The summed E-state index contributed by atoms with van der Waals surface area (Å²) in [5, 5.41) is 0. The quantitative estimate of drug-likeness (QED) is 0.499. The molecule has 0 atom stereocenters. The molecule has 0 bridgehead atoms. The first-order valence-electron chi connectivity index (χ1n) is 4.69. The van der Waals surface area contributed by atoms with Crippen LogP contribution in [0.1, 0.15) is 5.56 Å². The predicted octanol–water partition coefficient (Wildman–Crippen LogP) is 0.0928. The van der Waals surface area contributed by atoms with Crippen LogP contribution in [0.5, 0.6) is 5.75 Å². The van der Waals surface area contributed by atoms with Gasteiger partial charge in [0.05, 0.1) is 13.4 Å². The molecule has 0 amide bonds. The Morgan fingerprint density at radius 3 is 2.05 bits per heavy atom. The second kappa shape index (κ2) is 5.17. The first-order chi connectivity index (χ1) is 8.59. The Kier molecular flexibility index (Phi) is 4.44. The van der Waals surface area contributed by atoms with Gasteiger partial charge < -0.3 is 9.31 Å². The molecule has 104 valence electrons. The summed E-state index contributed by atoms with van der Waals surface area (Å²) in [6.45, 7) is 0. The number of fused-ring (bicyclic) bond motifs is 1. The summed E-state index contributed by atoms with van der Waals surface area (Å²) < 4.78 is 98.2. The zero-order valence-corrected chi connectivity index (χ0v) is 9.77. The number of halogens is 7. The molecule has 0 aliphatic carbocycles. The minimum absolute atomic E-state index is 0. The molecule has 1 aromatic rings. The number of alkyl halides is 6. The van der Waals surface area contributed by atoms with Crippen LogP contribution in [0.2, 0.25) is 0 Å². The summed E-state index contributed by atoms with van der Waals surface area (Å²) in [6.07, 6.45) is -11.7. The van der Waals surface area contributed by atoms with E-state index >= 15 is 0 Å². The molecule has 0 aromatic heterocycles. The van der Waals surface area contributed by atoms with Crippen molar-refractivity contribution >= 4 is 7.69 Å². The number of rotatable bonds is 0. The largest absolute Gasteiger partial charge is 1.00 e. The molecule has 0 spiro atoms. The molecule has 1 aromatic carbocycles. The third kappa shape index (κ3) is 2.40. The smallest absolute Gasteiger partial charge is 0.741 e. The summed E-state index contributed by atoms with van der Waals surface area (Å²) in [4.78, 5) is 0. The van der Waals surface area contributed by atoms with Crippen LogP contribution >= 0.6 is 0 Å². The number of hydrogen-bond donors (Lipinski definition) is 0. The molecule has 0 saturated carbocycles. The summed E-state index contributed by atoms with van der Waals surface area (Å²) in [7, 11) is -0.0682. The fourth-order valence-electron chi connectivity index (χ4n) is 1.69. The Labute approximate surface area is 120 Å². The van der Waals surface area contributed by atoms with E-state index in [9.17, 15) is 30.7 Å². The van der Waals surface area contributed by atoms with Crippen LogP contribution in [0.3, 0.4) is 0 Å². The van der Waals surface area contributed by atoms with Crippen LogP contribution < -0.4 is 23.5 Å². The van der Waals surface area contributed by atoms with Gasteiger partial charge in [-0.25, -0.2) is 4.39 Å². The van der Waals surface area contributed by atoms with Crippen molar-refractivity contribution < 1.29 is 58.9 Å². The van der Waals surface area contributed by atoms with Gasteiger partial charge >= 0.3 is 31.2 Å². The Morgan fingerprint density at radius 1 is 1.00 bits per heavy atom. The molecule has 2 nitrogen and oxygen atoms in total. The van der Waals surface area contributed by atoms with Gasteiger partial charge in [-0.2, -0.15) is 26.3 Å². The number of hydrogen-bond acceptors (Lipinski definition) is 2. The molecule has 2 radical (unpaired) electrons. The standard InChI is InChI=1S/C9H3BF7O2.Li/c11-4-1-2-6-5(3-4)7(8(12,13)14,9(15,16)17)19-10-18-6;/h1-3H;/q-1;+1. The van der Waals surface area contributed by atoms with Gasteiger partial charge in [-0.15, -0.1) is 0 Å². The van der Waals surface area contributed by atoms with Gasteiger partial charge in [0, 0.05) is 5.56 Å². The van der Waals surface area contributed by atoms with E-state index in [0.29, 0.717) is 12.1 Å². The maximum Gasteiger partial charge on any atom is 1.00 e. The van der Waals surface area contributed by atoms with E-state index in [1.54, 1.807) is 0 Å². The second-order valence-corrected chi connectivity index (χ2v) is 3.65. The maximum absolute atomic E-state index is 13.0. The van der Waals surface area contributed by atoms with Gasteiger partial charge in [0.1, 0.15) is 5.82 Å². The van der Waals surface area contributed by atoms with E-state index in [1.165, 1.54) is 0 Å². The molecule has 20 heavy (non-hydrogen) atoms. The van der Waals surface area contributed by atoms with Crippen molar-refractivity contribution in [2.24, 2.45) is 0 Å². The zero-order chi connectivity index (χ0) is 14.5. The van der Waals surface area contributed by atoms with E-state index in [4.69, 9.17) is 0 Å². The van der Waals surface area contributed by atoms with Gasteiger partial charge in [0.15, 0.2) is 0 Å². The monoisotopic (exact) mass is 294 g/mol. The fraction of sp³-hybridized carbons (Fsp3) is 0.333. The van der Waals surface area contributed by atoms with E-state index < -0.39 is 35.1 Å². The third-order valence-electron chi connectivity index (χ3n) is 2.52. The molecular weight excluding hydrogens is 291 g/mol. The average molecular weight is 294 g/mol.